The molecule has 0 spiro atoms. The molecule has 1 fully saturated rings. The van der Waals surface area contributed by atoms with Crippen LogP contribution in [0.25, 0.3) is 0 Å². The minimum absolute atomic E-state index is 0.0769. The van der Waals surface area contributed by atoms with Gasteiger partial charge in [0, 0.05) is 24.8 Å². The molecule has 1 aliphatic heterocycles. The lowest BCUT2D eigenvalue weighted by Crippen LogP contribution is -2.49. The van der Waals surface area contributed by atoms with E-state index in [1.807, 2.05) is 19.2 Å². The maximum Gasteiger partial charge on any atom is 0.235 e. The van der Waals surface area contributed by atoms with Crippen LogP contribution in [0.4, 0.5) is 5.69 Å². The Bertz CT molecular complexity index is 497. The molecule has 5 heteroatoms. The topological polar surface area (TPSA) is 59.4 Å². The van der Waals surface area contributed by atoms with Crippen molar-refractivity contribution < 1.29 is 4.79 Å². The first-order valence-electron chi connectivity index (χ1n) is 7.34. The Morgan fingerprint density at radius 2 is 2.24 bits per heavy atom. The Morgan fingerprint density at radius 1 is 1.48 bits per heavy atom. The Morgan fingerprint density at radius 3 is 2.95 bits per heavy atom. The number of nitrogens with one attached hydrogen (secondary N) is 1. The normalized spacial score (nSPS) is 18.3. The molecule has 1 aromatic rings. The van der Waals surface area contributed by atoms with Crippen molar-refractivity contribution in [2.75, 3.05) is 38.1 Å². The van der Waals surface area contributed by atoms with Crippen LogP contribution in [0, 0.1) is 11.3 Å². The van der Waals surface area contributed by atoms with Crippen LogP contribution in [0.15, 0.2) is 30.3 Å². The maximum absolute atomic E-state index is 11.7. The van der Waals surface area contributed by atoms with Crippen LogP contribution in [0.3, 0.4) is 0 Å². The third kappa shape index (κ3) is 4.47. The van der Waals surface area contributed by atoms with E-state index in [0.717, 1.165) is 25.9 Å². The Balaban J connectivity index is 1.89. The molecule has 1 heterocycles. The van der Waals surface area contributed by atoms with Gasteiger partial charge >= 0.3 is 0 Å². The van der Waals surface area contributed by atoms with E-state index in [9.17, 15) is 4.79 Å². The van der Waals surface area contributed by atoms with Gasteiger partial charge in [-0.1, -0.05) is 18.2 Å². The van der Waals surface area contributed by atoms with Crippen LogP contribution in [-0.4, -0.2) is 50.1 Å². The number of carbonyl (C=O) groups excluding carboxylic acids is 1. The predicted octanol–water partition coefficient (Wildman–Crippen LogP) is 1.23. The van der Waals surface area contributed by atoms with E-state index in [4.69, 9.17) is 5.26 Å². The standard InChI is InChI=1S/C16H22N4O/c1-19(13-16(21)18-10-9-17)15-8-5-11-20(12-15)14-6-3-2-4-7-14/h2-4,6-7,15H,5,8,10-13H2,1H3,(H,18,21)/t15-/m1/s1. The predicted molar refractivity (Wildman–Crippen MR) is 82.9 cm³/mol. The molecule has 0 saturated carbocycles. The van der Waals surface area contributed by atoms with Gasteiger partial charge in [0.25, 0.3) is 0 Å². The van der Waals surface area contributed by atoms with E-state index in [0.29, 0.717) is 12.6 Å². The number of hydrogen-bond donors (Lipinski definition) is 1. The van der Waals surface area contributed by atoms with Gasteiger partial charge in [0.1, 0.15) is 6.54 Å². The van der Waals surface area contributed by atoms with Crippen LogP contribution in [-0.2, 0) is 4.79 Å². The number of rotatable bonds is 5. The lowest BCUT2D eigenvalue weighted by Gasteiger charge is -2.38. The number of nitrogens with zero attached hydrogens (tertiary/aromatic N) is 3. The fourth-order valence-electron chi connectivity index (χ4n) is 2.74. The third-order valence-corrected chi connectivity index (χ3v) is 3.90. The summed E-state index contributed by atoms with van der Waals surface area (Å²) in [7, 11) is 1.98. The lowest BCUT2D eigenvalue weighted by atomic mass is 10.0. The van der Waals surface area contributed by atoms with Crippen molar-refractivity contribution in [3.63, 3.8) is 0 Å². The molecular formula is C16H22N4O. The minimum Gasteiger partial charge on any atom is -0.370 e. The molecule has 0 aliphatic carbocycles. The number of nitriles is 1. The van der Waals surface area contributed by atoms with Crippen molar-refractivity contribution in [3.8, 4) is 6.07 Å². The fourth-order valence-corrected chi connectivity index (χ4v) is 2.74. The van der Waals surface area contributed by atoms with E-state index >= 15 is 0 Å². The Labute approximate surface area is 126 Å². The summed E-state index contributed by atoms with van der Waals surface area (Å²) in [4.78, 5) is 16.1. The minimum atomic E-state index is -0.0871. The molecular weight excluding hydrogens is 264 g/mol. The van der Waals surface area contributed by atoms with Crippen molar-refractivity contribution in [1.29, 1.82) is 5.26 Å². The third-order valence-electron chi connectivity index (χ3n) is 3.90. The molecule has 1 aliphatic rings. The highest BCUT2D eigenvalue weighted by atomic mass is 16.2. The molecule has 1 aromatic carbocycles. The van der Waals surface area contributed by atoms with E-state index in [1.54, 1.807) is 0 Å². The van der Waals surface area contributed by atoms with Gasteiger partial charge in [-0.25, -0.2) is 0 Å². The van der Waals surface area contributed by atoms with Gasteiger partial charge in [0.05, 0.1) is 12.6 Å². The number of amides is 1. The molecule has 0 aromatic heterocycles. The number of para-hydroxylation sites is 1. The maximum atomic E-state index is 11.7. The van der Waals surface area contributed by atoms with Gasteiger partial charge in [-0.05, 0) is 32.0 Å². The van der Waals surface area contributed by atoms with E-state index in [2.05, 4.69) is 39.4 Å². The van der Waals surface area contributed by atoms with Crippen LogP contribution < -0.4 is 10.2 Å². The van der Waals surface area contributed by atoms with Gasteiger partial charge in [-0.2, -0.15) is 5.26 Å². The molecule has 1 saturated heterocycles. The summed E-state index contributed by atoms with van der Waals surface area (Å²) in [5.74, 6) is -0.0871. The van der Waals surface area contributed by atoms with E-state index < -0.39 is 0 Å². The largest absolute Gasteiger partial charge is 0.370 e. The molecule has 0 bridgehead atoms. The Hall–Kier alpha value is -2.06. The summed E-state index contributed by atoms with van der Waals surface area (Å²) in [6.45, 7) is 2.42. The summed E-state index contributed by atoms with van der Waals surface area (Å²) in [5, 5.41) is 11.1. The van der Waals surface area contributed by atoms with Crippen molar-refractivity contribution >= 4 is 11.6 Å². The first kappa shape index (κ1) is 15.3. The Kier molecular flexibility index (Phi) is 5.59. The summed E-state index contributed by atoms with van der Waals surface area (Å²) >= 11 is 0. The van der Waals surface area contributed by atoms with Crippen LogP contribution in [0.5, 0.6) is 0 Å². The van der Waals surface area contributed by atoms with E-state index in [1.165, 1.54) is 5.69 Å². The van der Waals surface area contributed by atoms with Gasteiger partial charge in [0.2, 0.25) is 5.91 Å². The average Bonchev–Trinajstić information content (AvgIpc) is 2.54. The van der Waals surface area contributed by atoms with Gasteiger partial charge in [0.15, 0.2) is 0 Å². The van der Waals surface area contributed by atoms with Crippen LogP contribution in [0.2, 0.25) is 0 Å². The molecule has 0 unspecified atom stereocenters. The first-order chi connectivity index (χ1) is 10.2. The monoisotopic (exact) mass is 286 g/mol. The molecule has 2 rings (SSSR count). The smallest absolute Gasteiger partial charge is 0.235 e. The second-order valence-electron chi connectivity index (χ2n) is 5.43. The van der Waals surface area contributed by atoms with Crippen molar-refractivity contribution in [2.45, 2.75) is 18.9 Å². The molecule has 1 N–H and O–H groups in total. The summed E-state index contributed by atoms with van der Waals surface area (Å²) in [5.41, 5.74) is 1.24. The number of carbonyl (C=O) groups is 1. The van der Waals surface area contributed by atoms with Gasteiger partial charge < -0.3 is 10.2 Å². The highest BCUT2D eigenvalue weighted by Gasteiger charge is 2.24. The average molecular weight is 286 g/mol. The number of piperidine rings is 1. The highest BCUT2D eigenvalue weighted by molar-refractivity contribution is 5.78. The second-order valence-corrected chi connectivity index (χ2v) is 5.43. The summed E-state index contributed by atoms with van der Waals surface area (Å²) in [6, 6.07) is 12.7. The first-order valence-corrected chi connectivity index (χ1v) is 7.34. The lowest BCUT2D eigenvalue weighted by molar-refractivity contribution is -0.122. The van der Waals surface area contributed by atoms with Crippen molar-refractivity contribution in [3.05, 3.63) is 30.3 Å². The second kappa shape index (κ2) is 7.65. The number of anilines is 1. The zero-order valence-corrected chi connectivity index (χ0v) is 12.5. The molecule has 112 valence electrons. The zero-order chi connectivity index (χ0) is 15.1. The van der Waals surface area contributed by atoms with Gasteiger partial charge in [-0.15, -0.1) is 0 Å². The molecule has 1 amide bonds. The van der Waals surface area contributed by atoms with Crippen LogP contribution >= 0.6 is 0 Å². The quantitative estimate of drug-likeness (QED) is 0.827. The van der Waals surface area contributed by atoms with Gasteiger partial charge in [-0.3, -0.25) is 9.69 Å². The number of hydrogen-bond acceptors (Lipinski definition) is 4. The molecule has 21 heavy (non-hydrogen) atoms. The van der Waals surface area contributed by atoms with E-state index in [-0.39, 0.29) is 12.5 Å². The van der Waals surface area contributed by atoms with Crippen LogP contribution in [0.1, 0.15) is 12.8 Å². The molecule has 1 atom stereocenters. The molecule has 0 radical (unpaired) electrons. The summed E-state index contributed by atoms with van der Waals surface area (Å²) in [6.07, 6.45) is 2.23. The van der Waals surface area contributed by atoms with Crippen molar-refractivity contribution in [2.24, 2.45) is 0 Å². The van der Waals surface area contributed by atoms with Crippen molar-refractivity contribution in [1.82, 2.24) is 10.2 Å². The number of benzene rings is 1. The fraction of sp³-hybridized carbons (Fsp3) is 0.500. The molecule has 5 nitrogen and oxygen atoms in total. The SMILES string of the molecule is CN(CC(=O)NCC#N)[C@@H]1CCCN(c2ccccc2)C1. The highest BCUT2D eigenvalue weighted by Crippen LogP contribution is 2.21. The summed E-state index contributed by atoms with van der Waals surface area (Å²) < 4.78 is 0. The number of likely N-dealkylation sites (N-methyl/N-ethyl adjacent to an activating group) is 1. The zero-order valence-electron chi connectivity index (χ0n) is 12.5.